The number of benzene rings is 2. The second-order valence-electron chi connectivity index (χ2n) is 9.29. The van der Waals surface area contributed by atoms with E-state index < -0.39 is 35.1 Å². The third-order valence-electron chi connectivity index (χ3n) is 6.83. The van der Waals surface area contributed by atoms with Gasteiger partial charge in [-0.15, -0.1) is 0 Å². The van der Waals surface area contributed by atoms with Gasteiger partial charge in [0.25, 0.3) is 0 Å². The number of hydrogen-bond acceptors (Lipinski definition) is 6. The lowest BCUT2D eigenvalue weighted by molar-refractivity contribution is -0.137. The minimum absolute atomic E-state index is 0.0599. The van der Waals surface area contributed by atoms with Crippen molar-refractivity contribution in [3.8, 4) is 11.1 Å². The number of anilines is 3. The molecule has 0 saturated carbocycles. The van der Waals surface area contributed by atoms with Crippen molar-refractivity contribution in [1.29, 1.82) is 0 Å². The number of nitrogens with one attached hydrogen (secondary N) is 3. The zero-order valence-electron chi connectivity index (χ0n) is 20.8. The van der Waals surface area contributed by atoms with Crippen LogP contribution >= 0.6 is 0 Å². The zero-order valence-corrected chi connectivity index (χ0v) is 20.8. The van der Waals surface area contributed by atoms with E-state index in [4.69, 9.17) is 5.73 Å². The molecule has 2 aromatic carbocycles. The highest BCUT2D eigenvalue weighted by atomic mass is 19.4. The van der Waals surface area contributed by atoms with Crippen molar-refractivity contribution in [2.45, 2.75) is 31.5 Å². The number of aliphatic hydroxyl groups excluding tert-OH is 1. The lowest BCUT2D eigenvalue weighted by Crippen LogP contribution is -2.28. The number of nitrogens with two attached hydrogens (primary N) is 1. The number of alkyl halides is 3. The number of carbonyl (C=O) groups is 1. The molecule has 0 unspecified atom stereocenters. The van der Waals surface area contributed by atoms with Crippen LogP contribution in [0.3, 0.4) is 0 Å². The van der Waals surface area contributed by atoms with Crippen LogP contribution in [0.2, 0.25) is 0 Å². The molecule has 2 aromatic heterocycles. The molecular weight excluding hydrogens is 537 g/mol. The lowest BCUT2D eigenvalue weighted by atomic mass is 9.90. The minimum Gasteiger partial charge on any atom is -0.392 e. The molecule has 4 aromatic rings. The molecule has 1 fully saturated rings. The van der Waals surface area contributed by atoms with Gasteiger partial charge in [-0.1, -0.05) is 6.07 Å². The monoisotopic (exact) mass is 561 g/mol. The van der Waals surface area contributed by atoms with E-state index in [1.165, 1.54) is 18.5 Å². The molecule has 0 bridgehead atoms. The quantitative estimate of drug-likeness (QED) is 0.221. The zero-order chi connectivity index (χ0) is 28.6. The summed E-state index contributed by atoms with van der Waals surface area (Å²) in [6.07, 6.45) is -1.86. The van der Waals surface area contributed by atoms with Gasteiger partial charge in [0.1, 0.15) is 23.5 Å². The second-order valence-corrected chi connectivity index (χ2v) is 9.29. The Kier molecular flexibility index (Phi) is 7.29. The van der Waals surface area contributed by atoms with Crippen LogP contribution in [0, 0.1) is 11.6 Å². The first-order valence-corrected chi connectivity index (χ1v) is 12.3. The number of hydrogen-bond donors (Lipinski definition) is 5. The van der Waals surface area contributed by atoms with E-state index in [9.17, 15) is 27.5 Å². The van der Waals surface area contributed by atoms with E-state index in [-0.39, 0.29) is 24.0 Å². The summed E-state index contributed by atoms with van der Waals surface area (Å²) in [4.78, 5) is 16.5. The highest BCUT2D eigenvalue weighted by Gasteiger charge is 2.32. The van der Waals surface area contributed by atoms with E-state index in [0.29, 0.717) is 40.4 Å². The van der Waals surface area contributed by atoms with Gasteiger partial charge >= 0.3 is 12.2 Å². The van der Waals surface area contributed by atoms with Gasteiger partial charge in [0.15, 0.2) is 5.82 Å². The fourth-order valence-electron chi connectivity index (χ4n) is 5.01. The van der Waals surface area contributed by atoms with Crippen molar-refractivity contribution in [2.75, 3.05) is 29.5 Å². The van der Waals surface area contributed by atoms with Gasteiger partial charge < -0.3 is 26.8 Å². The third-order valence-corrected chi connectivity index (χ3v) is 6.83. The molecule has 0 aliphatic carbocycles. The minimum atomic E-state index is -4.75. The molecule has 6 N–H and O–H groups in total. The SMILES string of the molecule is Nc1ncnn2c(C3CCNCC3)c(CO)c(-c3ccc(NC(=O)Nc4cc(C(F)(F)F)ccc4F)c(F)c3)c12. The summed E-state index contributed by atoms with van der Waals surface area (Å²) in [5.74, 6) is -1.80. The first-order chi connectivity index (χ1) is 19.1. The van der Waals surface area contributed by atoms with Crippen LogP contribution in [-0.2, 0) is 12.8 Å². The number of nitrogen functional groups attached to an aromatic ring is 1. The predicted octanol–water partition coefficient (Wildman–Crippen LogP) is 4.88. The van der Waals surface area contributed by atoms with Crippen molar-refractivity contribution in [3.05, 3.63) is 71.2 Å². The van der Waals surface area contributed by atoms with Gasteiger partial charge in [0, 0.05) is 17.0 Å². The molecule has 40 heavy (non-hydrogen) atoms. The summed E-state index contributed by atoms with van der Waals surface area (Å²) in [6, 6.07) is 4.24. The average Bonchev–Trinajstić information content (AvgIpc) is 3.26. The molecule has 14 heteroatoms. The Labute approximate surface area is 224 Å². The maximum absolute atomic E-state index is 15.2. The van der Waals surface area contributed by atoms with Crippen LogP contribution in [0.25, 0.3) is 16.6 Å². The number of fused-ring (bicyclic) bond motifs is 1. The van der Waals surface area contributed by atoms with Gasteiger partial charge in [-0.2, -0.15) is 18.3 Å². The molecule has 5 rings (SSSR count). The first kappa shape index (κ1) is 27.3. The largest absolute Gasteiger partial charge is 0.416 e. The van der Waals surface area contributed by atoms with Crippen LogP contribution in [0.1, 0.15) is 35.6 Å². The van der Waals surface area contributed by atoms with Crippen LogP contribution in [0.15, 0.2) is 42.7 Å². The Morgan fingerprint density at radius 1 is 1.07 bits per heavy atom. The van der Waals surface area contributed by atoms with Crippen LogP contribution in [0.5, 0.6) is 0 Å². The Bertz CT molecular complexity index is 1580. The third kappa shape index (κ3) is 5.14. The van der Waals surface area contributed by atoms with Gasteiger partial charge in [0.2, 0.25) is 0 Å². The van der Waals surface area contributed by atoms with Gasteiger partial charge in [-0.05, 0) is 61.8 Å². The molecule has 0 radical (unpaired) electrons. The molecule has 9 nitrogen and oxygen atoms in total. The predicted molar refractivity (Wildman–Crippen MR) is 138 cm³/mol. The standard InChI is InChI=1S/C26H24F5N7O2/c27-17-3-2-15(26(29,30)31)10-20(17)37-25(40)36-19-4-1-14(9-18(19)28)21-16(11-39)22(13-5-7-33-8-6-13)38-23(21)24(32)34-12-35-38/h1-4,9-10,12-13,33,39H,5-8,11H2,(H2,32,34,35)(H2,36,37,40). The van der Waals surface area contributed by atoms with Crippen LogP contribution < -0.4 is 21.7 Å². The Morgan fingerprint density at radius 3 is 2.48 bits per heavy atom. The summed E-state index contributed by atoms with van der Waals surface area (Å²) in [5, 5.41) is 22.2. The molecular formula is C26H24F5N7O2. The van der Waals surface area contributed by atoms with E-state index >= 15 is 4.39 Å². The lowest BCUT2D eigenvalue weighted by Gasteiger charge is -2.23. The van der Waals surface area contributed by atoms with E-state index in [1.807, 2.05) is 5.32 Å². The summed E-state index contributed by atoms with van der Waals surface area (Å²) in [7, 11) is 0. The normalized spacial score (nSPS) is 14.4. The maximum Gasteiger partial charge on any atom is 0.416 e. The summed E-state index contributed by atoms with van der Waals surface area (Å²) in [5.41, 5.74) is 6.45. The Hall–Kier alpha value is -4.30. The number of halogens is 5. The number of aliphatic hydroxyl groups is 1. The number of amides is 2. The first-order valence-electron chi connectivity index (χ1n) is 12.3. The van der Waals surface area contributed by atoms with Crippen molar-refractivity contribution < 1.29 is 31.9 Å². The van der Waals surface area contributed by atoms with Gasteiger partial charge in [-0.3, -0.25) is 0 Å². The molecule has 0 atom stereocenters. The number of nitrogens with zero attached hydrogens (tertiary/aromatic N) is 3. The molecule has 210 valence electrons. The summed E-state index contributed by atoms with van der Waals surface area (Å²) in [6.45, 7) is 1.18. The molecule has 1 aliphatic rings. The van der Waals surface area contributed by atoms with Gasteiger partial charge in [0.05, 0.1) is 29.2 Å². The highest BCUT2D eigenvalue weighted by molar-refractivity contribution is 6.00. The molecule has 3 heterocycles. The second kappa shape index (κ2) is 10.7. The summed E-state index contributed by atoms with van der Waals surface area (Å²) >= 11 is 0. The van der Waals surface area contributed by atoms with Gasteiger partial charge in [-0.25, -0.2) is 23.1 Å². The number of piperidine rings is 1. The number of aromatic nitrogens is 3. The molecule has 1 saturated heterocycles. The smallest absolute Gasteiger partial charge is 0.392 e. The topological polar surface area (TPSA) is 130 Å². The fraction of sp³-hybridized carbons (Fsp3) is 0.269. The highest BCUT2D eigenvalue weighted by Crippen LogP contribution is 2.41. The van der Waals surface area contributed by atoms with Crippen molar-refractivity contribution in [3.63, 3.8) is 0 Å². The maximum atomic E-state index is 15.2. The van der Waals surface area contributed by atoms with Crippen LogP contribution in [-0.4, -0.2) is 38.8 Å². The van der Waals surface area contributed by atoms with E-state index in [2.05, 4.69) is 20.7 Å². The molecule has 2 amide bonds. The average molecular weight is 562 g/mol. The van der Waals surface area contributed by atoms with Crippen LogP contribution in [0.4, 0.5) is 43.9 Å². The fourth-order valence-corrected chi connectivity index (χ4v) is 5.01. The number of carbonyl (C=O) groups excluding carboxylic acids is 1. The van der Waals surface area contributed by atoms with Crippen molar-refractivity contribution >= 4 is 28.7 Å². The molecule has 1 aliphatic heterocycles. The van der Waals surface area contributed by atoms with Crippen molar-refractivity contribution in [1.82, 2.24) is 19.9 Å². The number of urea groups is 1. The Morgan fingerprint density at radius 2 is 1.80 bits per heavy atom. The number of rotatable bonds is 5. The Balaban J connectivity index is 1.47. The molecule has 0 spiro atoms. The van der Waals surface area contributed by atoms with E-state index in [0.717, 1.165) is 37.7 Å². The van der Waals surface area contributed by atoms with Crippen molar-refractivity contribution in [2.24, 2.45) is 0 Å². The van der Waals surface area contributed by atoms with E-state index in [1.54, 1.807) is 4.52 Å². The summed E-state index contributed by atoms with van der Waals surface area (Å²) < 4.78 is 69.8.